The minimum atomic E-state index is -4.37. The zero-order valence-electron chi connectivity index (χ0n) is 9.61. The Morgan fingerprint density at radius 1 is 1.37 bits per heavy atom. The molecule has 1 N–H and O–H groups in total. The number of sulfonamides is 1. The number of halogens is 3. The van der Waals surface area contributed by atoms with E-state index in [2.05, 4.69) is 4.98 Å². The van der Waals surface area contributed by atoms with Gasteiger partial charge in [-0.1, -0.05) is 0 Å². The Hall–Kier alpha value is -1.82. The van der Waals surface area contributed by atoms with Crippen LogP contribution >= 0.6 is 0 Å². The largest absolute Gasteiger partial charge is 0.389 e. The second kappa shape index (κ2) is 5.88. The number of aromatic nitrogens is 1. The highest BCUT2D eigenvalue weighted by Crippen LogP contribution is 2.21. The first-order valence-electron chi connectivity index (χ1n) is 5.15. The molecule has 0 spiro atoms. The molecule has 0 saturated carbocycles. The third-order valence-corrected chi connectivity index (χ3v) is 3.37. The summed E-state index contributed by atoms with van der Waals surface area (Å²) in [7, 11) is -3.87. The van der Waals surface area contributed by atoms with E-state index in [-0.39, 0.29) is 11.4 Å². The Kier molecular flexibility index (Phi) is 4.72. The van der Waals surface area contributed by atoms with E-state index in [1.165, 1.54) is 12.1 Å². The fraction of sp³-hybridized carbons (Fsp3) is 0.400. The SMILES string of the molecule is N#Cc1ccc(NS(=O)(=O)CCCC(F)(F)F)nc1. The molecule has 1 heterocycles. The summed E-state index contributed by atoms with van der Waals surface area (Å²) in [6.07, 6.45) is -4.89. The average molecular weight is 293 g/mol. The van der Waals surface area contributed by atoms with Gasteiger partial charge in [-0.25, -0.2) is 13.4 Å². The summed E-state index contributed by atoms with van der Waals surface area (Å²) in [4.78, 5) is 3.66. The van der Waals surface area contributed by atoms with Crippen LogP contribution in [0.15, 0.2) is 18.3 Å². The van der Waals surface area contributed by atoms with Gasteiger partial charge < -0.3 is 0 Å². The molecule has 0 saturated heterocycles. The van der Waals surface area contributed by atoms with Gasteiger partial charge in [0.05, 0.1) is 11.3 Å². The lowest BCUT2D eigenvalue weighted by Crippen LogP contribution is -2.19. The third-order valence-electron chi connectivity index (χ3n) is 2.03. The molecule has 9 heteroatoms. The number of nitrogens with zero attached hydrogens (tertiary/aromatic N) is 2. The fourth-order valence-electron chi connectivity index (χ4n) is 1.19. The van der Waals surface area contributed by atoms with E-state index in [9.17, 15) is 21.6 Å². The number of anilines is 1. The zero-order chi connectivity index (χ0) is 14.5. The Labute approximate surface area is 108 Å². The Bertz CT molecular complexity index is 561. The van der Waals surface area contributed by atoms with E-state index in [4.69, 9.17) is 5.26 Å². The Morgan fingerprint density at radius 3 is 2.53 bits per heavy atom. The molecular formula is C10H10F3N3O2S. The molecule has 19 heavy (non-hydrogen) atoms. The maximum absolute atomic E-state index is 11.9. The summed E-state index contributed by atoms with van der Waals surface area (Å²) in [5, 5.41) is 8.52. The van der Waals surface area contributed by atoms with Crippen molar-refractivity contribution in [3.05, 3.63) is 23.9 Å². The number of nitriles is 1. The van der Waals surface area contributed by atoms with Gasteiger partial charge in [0, 0.05) is 12.6 Å². The van der Waals surface area contributed by atoms with E-state index in [0.29, 0.717) is 0 Å². The summed E-state index contributed by atoms with van der Waals surface area (Å²) >= 11 is 0. The van der Waals surface area contributed by atoms with Crippen LogP contribution in [-0.2, 0) is 10.0 Å². The Balaban J connectivity index is 2.57. The number of hydrogen-bond acceptors (Lipinski definition) is 4. The van der Waals surface area contributed by atoms with E-state index in [0.717, 1.165) is 6.20 Å². The highest BCUT2D eigenvalue weighted by molar-refractivity contribution is 7.92. The number of alkyl halides is 3. The molecule has 1 rings (SSSR count). The molecular weight excluding hydrogens is 283 g/mol. The molecule has 5 nitrogen and oxygen atoms in total. The predicted octanol–water partition coefficient (Wildman–Crippen LogP) is 2.04. The zero-order valence-corrected chi connectivity index (χ0v) is 10.4. The molecule has 0 aromatic carbocycles. The maximum Gasteiger partial charge on any atom is 0.389 e. The Morgan fingerprint density at radius 2 is 2.05 bits per heavy atom. The fourth-order valence-corrected chi connectivity index (χ4v) is 2.26. The normalized spacial score (nSPS) is 11.9. The molecule has 0 aliphatic carbocycles. The first-order valence-corrected chi connectivity index (χ1v) is 6.80. The van der Waals surface area contributed by atoms with Gasteiger partial charge in [0.2, 0.25) is 10.0 Å². The lowest BCUT2D eigenvalue weighted by molar-refractivity contribution is -0.134. The first-order chi connectivity index (χ1) is 8.72. The molecule has 0 unspecified atom stereocenters. The quantitative estimate of drug-likeness (QED) is 0.900. The van der Waals surface area contributed by atoms with Crippen molar-refractivity contribution in [2.75, 3.05) is 10.5 Å². The van der Waals surface area contributed by atoms with Crippen molar-refractivity contribution < 1.29 is 21.6 Å². The minimum Gasteiger partial charge on any atom is -0.267 e. The van der Waals surface area contributed by atoms with Gasteiger partial charge in [-0.3, -0.25) is 4.72 Å². The molecule has 0 aliphatic rings. The second-order valence-corrected chi connectivity index (χ2v) is 5.53. The highest BCUT2D eigenvalue weighted by Gasteiger charge is 2.27. The molecule has 0 amide bonds. The molecule has 1 aromatic heterocycles. The number of pyridine rings is 1. The topological polar surface area (TPSA) is 82.9 Å². The van der Waals surface area contributed by atoms with Gasteiger partial charge in [0.25, 0.3) is 0 Å². The standard InChI is InChI=1S/C10H10F3N3O2S/c11-10(12,13)4-1-5-19(17,18)16-9-3-2-8(6-14)7-15-9/h2-3,7H,1,4-5H2,(H,15,16). The smallest absolute Gasteiger partial charge is 0.267 e. The summed E-state index contributed by atoms with van der Waals surface area (Å²) < 4.78 is 60.6. The van der Waals surface area contributed by atoms with Gasteiger partial charge in [0.15, 0.2) is 0 Å². The second-order valence-electron chi connectivity index (χ2n) is 3.68. The van der Waals surface area contributed by atoms with Crippen molar-refractivity contribution in [1.29, 1.82) is 5.26 Å². The first kappa shape index (κ1) is 15.2. The lowest BCUT2D eigenvalue weighted by atomic mass is 10.3. The van der Waals surface area contributed by atoms with E-state index < -0.39 is 34.8 Å². The van der Waals surface area contributed by atoms with E-state index in [1.54, 1.807) is 6.07 Å². The summed E-state index contributed by atoms with van der Waals surface area (Å²) in [6, 6.07) is 4.41. The van der Waals surface area contributed by atoms with Crippen LogP contribution in [0.3, 0.4) is 0 Å². The van der Waals surface area contributed by atoms with Crippen molar-refractivity contribution in [2.45, 2.75) is 19.0 Å². The van der Waals surface area contributed by atoms with Crippen LogP contribution in [-0.4, -0.2) is 25.3 Å². The van der Waals surface area contributed by atoms with Crippen molar-refractivity contribution in [2.24, 2.45) is 0 Å². The summed E-state index contributed by atoms with van der Waals surface area (Å²) in [5.74, 6) is -0.681. The van der Waals surface area contributed by atoms with Gasteiger partial charge in [-0.15, -0.1) is 0 Å². The van der Waals surface area contributed by atoms with E-state index >= 15 is 0 Å². The maximum atomic E-state index is 11.9. The number of rotatable bonds is 5. The average Bonchev–Trinajstić information content (AvgIpc) is 2.27. The van der Waals surface area contributed by atoms with Crippen LogP contribution in [0.4, 0.5) is 19.0 Å². The molecule has 1 aromatic rings. The highest BCUT2D eigenvalue weighted by atomic mass is 32.2. The van der Waals surface area contributed by atoms with Crippen molar-refractivity contribution in [3.63, 3.8) is 0 Å². The number of hydrogen-bond donors (Lipinski definition) is 1. The van der Waals surface area contributed by atoms with Gasteiger partial charge >= 0.3 is 6.18 Å². The van der Waals surface area contributed by atoms with Crippen molar-refractivity contribution in [3.8, 4) is 6.07 Å². The number of nitrogens with one attached hydrogen (secondary N) is 1. The molecule has 0 radical (unpaired) electrons. The van der Waals surface area contributed by atoms with Crippen LogP contribution in [0, 0.1) is 11.3 Å². The van der Waals surface area contributed by atoms with Gasteiger partial charge in [0.1, 0.15) is 11.9 Å². The molecule has 0 aliphatic heterocycles. The third kappa shape index (κ3) is 6.05. The summed E-state index contributed by atoms with van der Waals surface area (Å²) in [5.41, 5.74) is 0.250. The van der Waals surface area contributed by atoms with Crippen LogP contribution in [0.5, 0.6) is 0 Å². The van der Waals surface area contributed by atoms with Crippen LogP contribution in [0.2, 0.25) is 0 Å². The summed E-state index contributed by atoms with van der Waals surface area (Å²) in [6.45, 7) is 0. The van der Waals surface area contributed by atoms with E-state index in [1.807, 2.05) is 4.72 Å². The van der Waals surface area contributed by atoms with Gasteiger partial charge in [-0.05, 0) is 18.6 Å². The van der Waals surface area contributed by atoms with Crippen molar-refractivity contribution >= 4 is 15.8 Å². The lowest BCUT2D eigenvalue weighted by Gasteiger charge is -2.08. The van der Waals surface area contributed by atoms with Crippen LogP contribution in [0.1, 0.15) is 18.4 Å². The molecule has 0 fully saturated rings. The van der Waals surface area contributed by atoms with Crippen LogP contribution in [0.25, 0.3) is 0 Å². The molecule has 0 atom stereocenters. The monoisotopic (exact) mass is 293 g/mol. The molecule has 104 valence electrons. The van der Waals surface area contributed by atoms with Crippen molar-refractivity contribution in [1.82, 2.24) is 4.98 Å². The molecule has 0 bridgehead atoms. The predicted molar refractivity (Wildman–Crippen MR) is 61.7 cm³/mol. The van der Waals surface area contributed by atoms with Gasteiger partial charge in [-0.2, -0.15) is 18.4 Å². The van der Waals surface area contributed by atoms with Crippen LogP contribution < -0.4 is 4.72 Å². The minimum absolute atomic E-state index is 0.0361.